The van der Waals surface area contributed by atoms with Gasteiger partial charge in [-0.15, -0.1) is 0 Å². The van der Waals surface area contributed by atoms with Gasteiger partial charge >= 0.3 is 6.03 Å². The number of rotatable bonds is 7. The highest BCUT2D eigenvalue weighted by Gasteiger charge is 2.53. The molecule has 0 aromatic heterocycles. The summed E-state index contributed by atoms with van der Waals surface area (Å²) >= 11 is 0. The summed E-state index contributed by atoms with van der Waals surface area (Å²) < 4.78 is 0. The summed E-state index contributed by atoms with van der Waals surface area (Å²) in [7, 11) is 0. The molecule has 3 aliphatic rings. The van der Waals surface area contributed by atoms with Crippen molar-refractivity contribution in [2.24, 2.45) is 11.8 Å². The van der Waals surface area contributed by atoms with E-state index in [4.69, 9.17) is 0 Å². The van der Waals surface area contributed by atoms with E-state index in [0.717, 1.165) is 23.4 Å². The first-order chi connectivity index (χ1) is 14.4. The molecule has 0 bridgehead atoms. The highest BCUT2D eigenvalue weighted by atomic mass is 16.2. The molecule has 0 radical (unpaired) electrons. The standard InChI is InChI=1S/C23H32N4O3/c1-16-10-12-23(13-11-16)21(29)27(22(30)24-23)25-20(28)15-26(17(2)19-8-9-19)14-18-6-4-3-5-7-18/h3-7,16-17,19H,8-15H2,1-2H3,(H,24,30)(H,25,28). The lowest BCUT2D eigenvalue weighted by atomic mass is 9.77. The first-order valence-electron chi connectivity index (χ1n) is 11.1. The Balaban J connectivity index is 1.40. The zero-order valence-corrected chi connectivity index (χ0v) is 17.9. The summed E-state index contributed by atoms with van der Waals surface area (Å²) in [5.41, 5.74) is 2.88. The number of hydrogen-bond acceptors (Lipinski definition) is 4. The molecule has 1 aliphatic heterocycles. The van der Waals surface area contributed by atoms with Crippen LogP contribution in [0.2, 0.25) is 0 Å². The van der Waals surface area contributed by atoms with Gasteiger partial charge in [-0.25, -0.2) is 4.79 Å². The second kappa shape index (κ2) is 8.38. The van der Waals surface area contributed by atoms with Crippen molar-refractivity contribution in [3.63, 3.8) is 0 Å². The third-order valence-corrected chi connectivity index (χ3v) is 6.98. The Hall–Kier alpha value is -2.41. The molecule has 3 fully saturated rings. The summed E-state index contributed by atoms with van der Waals surface area (Å²) in [6, 6.07) is 9.81. The maximum atomic E-state index is 13.0. The molecule has 2 N–H and O–H groups in total. The maximum Gasteiger partial charge on any atom is 0.344 e. The topological polar surface area (TPSA) is 81.8 Å². The number of nitrogens with one attached hydrogen (secondary N) is 2. The van der Waals surface area contributed by atoms with Gasteiger partial charge in [-0.2, -0.15) is 5.01 Å². The van der Waals surface area contributed by atoms with Crippen molar-refractivity contribution in [1.82, 2.24) is 20.7 Å². The van der Waals surface area contributed by atoms with E-state index in [9.17, 15) is 14.4 Å². The number of carbonyl (C=O) groups excluding carboxylic acids is 3. The lowest BCUT2D eigenvalue weighted by Crippen LogP contribution is -2.53. The molecule has 2 saturated carbocycles. The number of amides is 4. The molecule has 30 heavy (non-hydrogen) atoms. The van der Waals surface area contributed by atoms with Crippen molar-refractivity contribution in [3.05, 3.63) is 35.9 Å². The minimum atomic E-state index is -0.845. The smallest absolute Gasteiger partial charge is 0.322 e. The third-order valence-electron chi connectivity index (χ3n) is 6.98. The molecule has 4 rings (SSSR count). The predicted octanol–water partition coefficient (Wildman–Crippen LogP) is 2.82. The Labute approximate surface area is 178 Å². The minimum Gasteiger partial charge on any atom is -0.322 e. The summed E-state index contributed by atoms with van der Waals surface area (Å²) in [4.78, 5) is 40.4. The van der Waals surface area contributed by atoms with Gasteiger partial charge in [-0.3, -0.25) is 19.9 Å². The molecule has 1 spiro atoms. The number of hydrazine groups is 1. The van der Waals surface area contributed by atoms with Gasteiger partial charge in [0.15, 0.2) is 0 Å². The average Bonchev–Trinajstić information content (AvgIpc) is 3.55. The highest BCUT2D eigenvalue weighted by Crippen LogP contribution is 2.36. The van der Waals surface area contributed by atoms with Crippen LogP contribution in [0.25, 0.3) is 0 Å². The van der Waals surface area contributed by atoms with Crippen molar-refractivity contribution in [2.75, 3.05) is 6.54 Å². The largest absolute Gasteiger partial charge is 0.344 e. The quantitative estimate of drug-likeness (QED) is 0.675. The van der Waals surface area contributed by atoms with Gasteiger partial charge in [0, 0.05) is 12.6 Å². The molecule has 2 aliphatic carbocycles. The number of hydrogen-bond donors (Lipinski definition) is 2. The molecular weight excluding hydrogens is 380 g/mol. The second-order valence-electron chi connectivity index (χ2n) is 9.34. The van der Waals surface area contributed by atoms with Crippen LogP contribution in [-0.4, -0.2) is 45.9 Å². The zero-order chi connectivity index (χ0) is 21.3. The molecule has 1 unspecified atom stereocenters. The molecular formula is C23H32N4O3. The zero-order valence-electron chi connectivity index (χ0n) is 17.9. The number of urea groups is 1. The summed E-state index contributed by atoms with van der Waals surface area (Å²) in [6.45, 7) is 5.12. The van der Waals surface area contributed by atoms with E-state index in [1.54, 1.807) is 0 Å². The van der Waals surface area contributed by atoms with Crippen molar-refractivity contribution >= 4 is 17.8 Å². The Kier molecular flexibility index (Phi) is 5.82. The van der Waals surface area contributed by atoms with E-state index in [0.29, 0.717) is 31.2 Å². The normalized spacial score (nSPS) is 27.4. The van der Waals surface area contributed by atoms with E-state index in [2.05, 4.69) is 41.6 Å². The van der Waals surface area contributed by atoms with E-state index in [1.807, 2.05) is 18.2 Å². The van der Waals surface area contributed by atoms with Crippen LogP contribution in [0.1, 0.15) is 57.9 Å². The molecule has 1 aromatic rings. The molecule has 1 saturated heterocycles. The minimum absolute atomic E-state index is 0.146. The highest BCUT2D eigenvalue weighted by molar-refractivity contribution is 6.08. The molecule has 1 heterocycles. The number of carbonyl (C=O) groups is 3. The fourth-order valence-corrected chi connectivity index (χ4v) is 4.70. The Bertz CT molecular complexity index is 800. The van der Waals surface area contributed by atoms with Crippen LogP contribution >= 0.6 is 0 Å². The molecule has 1 aromatic carbocycles. The maximum absolute atomic E-state index is 13.0. The van der Waals surface area contributed by atoms with Crippen molar-refractivity contribution in [2.45, 2.75) is 70.5 Å². The third kappa shape index (κ3) is 4.36. The predicted molar refractivity (Wildman–Crippen MR) is 113 cm³/mol. The van der Waals surface area contributed by atoms with Crippen LogP contribution < -0.4 is 10.7 Å². The van der Waals surface area contributed by atoms with Crippen LogP contribution in [0.3, 0.4) is 0 Å². The number of benzene rings is 1. The summed E-state index contributed by atoms with van der Waals surface area (Å²) in [6.07, 6.45) is 5.42. The van der Waals surface area contributed by atoms with Crippen LogP contribution in [0.4, 0.5) is 4.79 Å². The fraction of sp³-hybridized carbons (Fsp3) is 0.609. The van der Waals surface area contributed by atoms with Gasteiger partial charge in [0.1, 0.15) is 5.54 Å². The van der Waals surface area contributed by atoms with E-state index in [1.165, 1.54) is 12.8 Å². The molecule has 1 atom stereocenters. The first kappa shape index (κ1) is 20.8. The molecule has 7 nitrogen and oxygen atoms in total. The lowest BCUT2D eigenvalue weighted by molar-refractivity contribution is -0.140. The van der Waals surface area contributed by atoms with Crippen LogP contribution in [0.5, 0.6) is 0 Å². The number of nitrogens with zero attached hydrogens (tertiary/aromatic N) is 2. The average molecular weight is 413 g/mol. The van der Waals surface area contributed by atoms with Gasteiger partial charge in [0.05, 0.1) is 6.54 Å². The lowest BCUT2D eigenvalue weighted by Gasteiger charge is -2.33. The van der Waals surface area contributed by atoms with Crippen molar-refractivity contribution < 1.29 is 14.4 Å². The fourth-order valence-electron chi connectivity index (χ4n) is 4.70. The van der Waals surface area contributed by atoms with Gasteiger partial charge < -0.3 is 5.32 Å². The Morgan fingerprint density at radius 2 is 1.87 bits per heavy atom. The summed E-state index contributed by atoms with van der Waals surface area (Å²) in [5.74, 6) is 0.505. The Morgan fingerprint density at radius 1 is 1.20 bits per heavy atom. The first-order valence-corrected chi connectivity index (χ1v) is 11.1. The van der Waals surface area contributed by atoms with Gasteiger partial charge in [0.25, 0.3) is 11.8 Å². The van der Waals surface area contributed by atoms with Crippen LogP contribution in [0.15, 0.2) is 30.3 Å². The monoisotopic (exact) mass is 412 g/mol. The number of imide groups is 1. The van der Waals surface area contributed by atoms with Gasteiger partial charge in [-0.05, 0) is 62.8 Å². The van der Waals surface area contributed by atoms with E-state index in [-0.39, 0.29) is 24.4 Å². The molecule has 162 valence electrons. The Morgan fingerprint density at radius 3 is 2.50 bits per heavy atom. The van der Waals surface area contributed by atoms with Crippen LogP contribution in [0, 0.1) is 11.8 Å². The second-order valence-corrected chi connectivity index (χ2v) is 9.34. The van der Waals surface area contributed by atoms with E-state index >= 15 is 0 Å². The van der Waals surface area contributed by atoms with Gasteiger partial charge in [0.2, 0.25) is 0 Å². The van der Waals surface area contributed by atoms with E-state index < -0.39 is 11.6 Å². The molecule has 7 heteroatoms. The SMILES string of the molecule is CC1CCC2(CC1)NC(=O)N(NC(=O)CN(Cc1ccccc1)C(C)C1CC1)C2=O. The van der Waals surface area contributed by atoms with Crippen molar-refractivity contribution in [1.29, 1.82) is 0 Å². The van der Waals surface area contributed by atoms with Gasteiger partial charge in [-0.1, -0.05) is 37.3 Å². The van der Waals surface area contributed by atoms with Crippen LogP contribution in [-0.2, 0) is 16.1 Å². The summed E-state index contributed by atoms with van der Waals surface area (Å²) in [5, 5.41) is 3.75. The van der Waals surface area contributed by atoms with Crippen molar-refractivity contribution in [3.8, 4) is 0 Å². The molecule has 4 amide bonds.